The molecule has 1 amide bonds. The van der Waals surface area contributed by atoms with Crippen molar-refractivity contribution in [2.75, 3.05) is 16.8 Å². The highest BCUT2D eigenvalue weighted by Crippen LogP contribution is 2.30. The summed E-state index contributed by atoms with van der Waals surface area (Å²) in [5.74, 6) is -0.109. The van der Waals surface area contributed by atoms with Gasteiger partial charge in [0.05, 0.1) is 15.7 Å². The minimum atomic E-state index is -0.109. The van der Waals surface area contributed by atoms with Crippen LogP contribution in [-0.4, -0.2) is 18.5 Å². The van der Waals surface area contributed by atoms with Crippen LogP contribution in [0.1, 0.15) is 25.8 Å². The third-order valence-electron chi connectivity index (χ3n) is 3.80. The summed E-state index contributed by atoms with van der Waals surface area (Å²) in [5, 5.41) is 3.68. The molecule has 2 aromatic carbocycles. The van der Waals surface area contributed by atoms with Crippen LogP contribution < -0.4 is 10.2 Å². The average molecular weight is 365 g/mol. The normalized spacial score (nSPS) is 10.8. The summed E-state index contributed by atoms with van der Waals surface area (Å²) >= 11 is 12.2. The predicted molar refractivity (Wildman–Crippen MR) is 103 cm³/mol. The second-order valence-electron chi connectivity index (χ2n) is 6.02. The van der Waals surface area contributed by atoms with Crippen molar-refractivity contribution >= 4 is 40.5 Å². The number of carbonyl (C=O) groups excluding carboxylic acids is 1. The van der Waals surface area contributed by atoms with E-state index < -0.39 is 0 Å². The first-order chi connectivity index (χ1) is 11.4. The fourth-order valence-electron chi connectivity index (χ4n) is 2.46. The SMILES string of the molecule is Cc1ccc(N(CCC(=O)Nc2c(Cl)cccc2Cl)C(C)C)cc1. The number of halogens is 2. The van der Waals surface area contributed by atoms with Crippen LogP contribution >= 0.6 is 23.2 Å². The van der Waals surface area contributed by atoms with Gasteiger partial charge in [-0.1, -0.05) is 47.0 Å². The van der Waals surface area contributed by atoms with E-state index in [1.807, 2.05) is 0 Å². The molecule has 0 atom stereocenters. The number of aryl methyl sites for hydroxylation is 1. The molecule has 0 heterocycles. The molecule has 0 bridgehead atoms. The highest BCUT2D eigenvalue weighted by molar-refractivity contribution is 6.39. The van der Waals surface area contributed by atoms with Crippen molar-refractivity contribution in [3.63, 3.8) is 0 Å². The van der Waals surface area contributed by atoms with E-state index in [9.17, 15) is 4.79 Å². The molecule has 2 aromatic rings. The van der Waals surface area contributed by atoms with Gasteiger partial charge in [0.25, 0.3) is 0 Å². The molecule has 0 aliphatic rings. The lowest BCUT2D eigenvalue weighted by Gasteiger charge is -2.29. The minimum Gasteiger partial charge on any atom is -0.369 e. The molecule has 0 aliphatic heterocycles. The fraction of sp³-hybridized carbons (Fsp3) is 0.316. The van der Waals surface area contributed by atoms with Crippen LogP contribution in [0.15, 0.2) is 42.5 Å². The van der Waals surface area contributed by atoms with Gasteiger partial charge in [-0.15, -0.1) is 0 Å². The van der Waals surface area contributed by atoms with Crippen LogP contribution in [0.5, 0.6) is 0 Å². The number of anilines is 2. The van der Waals surface area contributed by atoms with Crippen LogP contribution in [0.25, 0.3) is 0 Å². The second kappa shape index (κ2) is 8.41. The number of rotatable bonds is 6. The molecule has 2 rings (SSSR count). The Morgan fingerprint density at radius 2 is 1.67 bits per heavy atom. The van der Waals surface area contributed by atoms with Gasteiger partial charge in [-0.25, -0.2) is 0 Å². The van der Waals surface area contributed by atoms with Gasteiger partial charge in [0.1, 0.15) is 0 Å². The van der Waals surface area contributed by atoms with Gasteiger partial charge in [0.15, 0.2) is 0 Å². The van der Waals surface area contributed by atoms with Crippen molar-refractivity contribution in [3.05, 3.63) is 58.1 Å². The molecule has 3 nitrogen and oxygen atoms in total. The molecule has 0 radical (unpaired) electrons. The first kappa shape index (κ1) is 18.6. The van der Waals surface area contributed by atoms with E-state index in [-0.39, 0.29) is 5.91 Å². The summed E-state index contributed by atoms with van der Waals surface area (Å²) in [6.45, 7) is 6.91. The molecule has 0 aliphatic carbocycles. The summed E-state index contributed by atoms with van der Waals surface area (Å²) in [4.78, 5) is 14.5. The summed E-state index contributed by atoms with van der Waals surface area (Å²) in [6.07, 6.45) is 0.355. The Morgan fingerprint density at radius 1 is 1.08 bits per heavy atom. The highest BCUT2D eigenvalue weighted by atomic mass is 35.5. The first-order valence-electron chi connectivity index (χ1n) is 7.95. The van der Waals surface area contributed by atoms with Gasteiger partial charge >= 0.3 is 0 Å². The number of hydrogen-bond donors (Lipinski definition) is 1. The molecule has 24 heavy (non-hydrogen) atoms. The molecule has 0 aromatic heterocycles. The molecule has 1 N–H and O–H groups in total. The maximum absolute atomic E-state index is 12.3. The van der Waals surface area contributed by atoms with E-state index in [1.165, 1.54) is 5.56 Å². The minimum absolute atomic E-state index is 0.109. The number of hydrogen-bond acceptors (Lipinski definition) is 2. The van der Waals surface area contributed by atoms with Crippen LogP contribution in [0.2, 0.25) is 10.0 Å². The summed E-state index contributed by atoms with van der Waals surface area (Å²) < 4.78 is 0. The molecule has 5 heteroatoms. The van der Waals surface area contributed by atoms with Crippen LogP contribution in [0, 0.1) is 6.92 Å². The Morgan fingerprint density at radius 3 is 2.21 bits per heavy atom. The standard InChI is InChI=1S/C19H22Cl2N2O/c1-13(2)23(15-9-7-14(3)8-10-15)12-11-18(24)22-19-16(20)5-4-6-17(19)21/h4-10,13H,11-12H2,1-3H3,(H,22,24). The topological polar surface area (TPSA) is 32.3 Å². The quantitative estimate of drug-likeness (QED) is 0.728. The van der Waals surface area contributed by atoms with Gasteiger partial charge in [0.2, 0.25) is 5.91 Å². The molecular formula is C19H22Cl2N2O. The zero-order chi connectivity index (χ0) is 17.7. The van der Waals surface area contributed by atoms with Crippen molar-refractivity contribution in [1.82, 2.24) is 0 Å². The second-order valence-corrected chi connectivity index (χ2v) is 6.83. The molecule has 0 saturated heterocycles. The molecule has 0 saturated carbocycles. The maximum Gasteiger partial charge on any atom is 0.226 e. The van der Waals surface area contributed by atoms with Crippen molar-refractivity contribution in [2.45, 2.75) is 33.2 Å². The zero-order valence-electron chi connectivity index (χ0n) is 14.1. The van der Waals surface area contributed by atoms with Crippen LogP contribution in [0.4, 0.5) is 11.4 Å². The Bertz CT molecular complexity index is 679. The molecule has 0 spiro atoms. The number of benzene rings is 2. The van der Waals surface area contributed by atoms with Gasteiger partial charge in [-0.05, 0) is 45.0 Å². The Kier molecular flexibility index (Phi) is 6.52. The lowest BCUT2D eigenvalue weighted by molar-refractivity contribution is -0.116. The Balaban J connectivity index is 2.01. The first-order valence-corrected chi connectivity index (χ1v) is 8.71. The molecular weight excluding hydrogens is 343 g/mol. The molecule has 0 fully saturated rings. The van der Waals surface area contributed by atoms with Crippen molar-refractivity contribution in [1.29, 1.82) is 0 Å². The largest absolute Gasteiger partial charge is 0.369 e. The van der Waals surface area contributed by atoms with Gasteiger partial charge < -0.3 is 10.2 Å². The number of amides is 1. The van der Waals surface area contributed by atoms with Gasteiger partial charge in [-0.2, -0.15) is 0 Å². The molecule has 128 valence electrons. The Hall–Kier alpha value is -1.71. The van der Waals surface area contributed by atoms with Crippen molar-refractivity contribution < 1.29 is 4.79 Å². The van der Waals surface area contributed by atoms with E-state index in [1.54, 1.807) is 18.2 Å². The number of carbonyl (C=O) groups is 1. The molecule has 0 unspecified atom stereocenters. The van der Waals surface area contributed by atoms with Crippen molar-refractivity contribution in [3.8, 4) is 0 Å². The number of para-hydroxylation sites is 1. The van der Waals surface area contributed by atoms with E-state index in [2.05, 4.69) is 55.3 Å². The monoisotopic (exact) mass is 364 g/mol. The van der Waals surface area contributed by atoms with E-state index in [0.717, 1.165) is 5.69 Å². The van der Waals surface area contributed by atoms with Crippen LogP contribution in [0.3, 0.4) is 0 Å². The third kappa shape index (κ3) is 4.89. The van der Waals surface area contributed by atoms with Crippen molar-refractivity contribution in [2.24, 2.45) is 0 Å². The van der Waals surface area contributed by atoms with E-state index in [4.69, 9.17) is 23.2 Å². The summed E-state index contributed by atoms with van der Waals surface area (Å²) in [7, 11) is 0. The maximum atomic E-state index is 12.3. The average Bonchev–Trinajstić information content (AvgIpc) is 2.52. The van der Waals surface area contributed by atoms with E-state index in [0.29, 0.717) is 34.7 Å². The van der Waals surface area contributed by atoms with E-state index >= 15 is 0 Å². The number of nitrogens with zero attached hydrogens (tertiary/aromatic N) is 1. The van der Waals surface area contributed by atoms with Gasteiger partial charge in [-0.3, -0.25) is 4.79 Å². The summed E-state index contributed by atoms with van der Waals surface area (Å²) in [5.41, 5.74) is 2.80. The fourth-order valence-corrected chi connectivity index (χ4v) is 2.95. The third-order valence-corrected chi connectivity index (χ3v) is 4.43. The summed E-state index contributed by atoms with van der Waals surface area (Å²) in [6, 6.07) is 13.8. The predicted octanol–water partition coefficient (Wildman–Crippen LogP) is 5.55. The van der Waals surface area contributed by atoms with Crippen LogP contribution in [-0.2, 0) is 4.79 Å². The van der Waals surface area contributed by atoms with Gasteiger partial charge in [0, 0.05) is 24.7 Å². The highest BCUT2D eigenvalue weighted by Gasteiger charge is 2.14. The zero-order valence-corrected chi connectivity index (χ0v) is 15.7. The number of nitrogens with one attached hydrogen (secondary N) is 1. The lowest BCUT2D eigenvalue weighted by atomic mass is 10.1. The smallest absolute Gasteiger partial charge is 0.226 e. The lowest BCUT2D eigenvalue weighted by Crippen LogP contribution is -2.33. The Labute approximate surface area is 153 Å².